The molecule has 19 heavy (non-hydrogen) atoms. The van der Waals surface area contributed by atoms with Crippen LogP contribution in [0.3, 0.4) is 0 Å². The van der Waals surface area contributed by atoms with E-state index in [4.69, 9.17) is 15.2 Å². The van der Waals surface area contributed by atoms with Crippen LogP contribution in [0.4, 0.5) is 5.69 Å². The zero-order valence-corrected chi connectivity index (χ0v) is 11.4. The molecule has 1 unspecified atom stereocenters. The summed E-state index contributed by atoms with van der Waals surface area (Å²) in [7, 11) is 0. The summed E-state index contributed by atoms with van der Waals surface area (Å²) >= 11 is 0. The minimum Gasteiger partial charge on any atom is -0.488 e. The molecule has 106 valence electrons. The van der Waals surface area contributed by atoms with Crippen molar-refractivity contribution in [2.75, 3.05) is 31.6 Å². The maximum Gasteiger partial charge on any atom is 0.124 e. The number of hydrogen-bond acceptors (Lipinski definition) is 4. The molecule has 1 heterocycles. The molecule has 0 bridgehead atoms. The molecule has 1 saturated heterocycles. The molecule has 2 rings (SSSR count). The number of ether oxygens (including phenoxy) is 2. The Bertz CT molecular complexity index is 348. The van der Waals surface area contributed by atoms with E-state index in [-0.39, 0.29) is 6.10 Å². The van der Waals surface area contributed by atoms with E-state index >= 15 is 0 Å². The Balaban J connectivity index is 1.68. The second kappa shape index (κ2) is 8.02. The van der Waals surface area contributed by atoms with Crippen LogP contribution >= 0.6 is 0 Å². The summed E-state index contributed by atoms with van der Waals surface area (Å²) in [6.45, 7) is 3.31. The van der Waals surface area contributed by atoms with Crippen molar-refractivity contribution in [3.05, 3.63) is 24.3 Å². The molecule has 3 N–H and O–H groups in total. The Morgan fingerprint density at radius 1 is 1.21 bits per heavy atom. The van der Waals surface area contributed by atoms with Crippen molar-refractivity contribution >= 4 is 5.69 Å². The summed E-state index contributed by atoms with van der Waals surface area (Å²) < 4.78 is 11.1. The van der Waals surface area contributed by atoms with Gasteiger partial charge in [-0.1, -0.05) is 6.42 Å². The molecule has 1 fully saturated rings. The minimum absolute atomic E-state index is 0.218. The average molecular weight is 264 g/mol. The molecule has 0 amide bonds. The van der Waals surface area contributed by atoms with Crippen molar-refractivity contribution in [3.63, 3.8) is 0 Å². The zero-order valence-electron chi connectivity index (χ0n) is 11.4. The molecular weight excluding hydrogens is 240 g/mol. The van der Waals surface area contributed by atoms with E-state index in [0.717, 1.165) is 50.4 Å². The lowest BCUT2D eigenvalue weighted by Crippen LogP contribution is -2.15. The molecule has 1 aromatic rings. The second-order valence-electron chi connectivity index (χ2n) is 4.90. The lowest BCUT2D eigenvalue weighted by Gasteiger charge is -2.12. The molecule has 1 aliphatic rings. The van der Waals surface area contributed by atoms with E-state index in [2.05, 4.69) is 17.4 Å². The fourth-order valence-electron chi connectivity index (χ4n) is 2.13. The van der Waals surface area contributed by atoms with Gasteiger partial charge in [0.15, 0.2) is 0 Å². The number of benzene rings is 1. The molecule has 4 nitrogen and oxygen atoms in total. The Morgan fingerprint density at radius 3 is 2.74 bits per heavy atom. The van der Waals surface area contributed by atoms with Gasteiger partial charge in [0.1, 0.15) is 11.9 Å². The van der Waals surface area contributed by atoms with Gasteiger partial charge < -0.3 is 20.5 Å². The van der Waals surface area contributed by atoms with Crippen LogP contribution in [0.2, 0.25) is 0 Å². The monoisotopic (exact) mass is 264 g/mol. The van der Waals surface area contributed by atoms with Crippen LogP contribution in [0.25, 0.3) is 0 Å². The lowest BCUT2D eigenvalue weighted by molar-refractivity contribution is 0.141. The van der Waals surface area contributed by atoms with Crippen molar-refractivity contribution in [2.45, 2.75) is 31.8 Å². The fraction of sp³-hybridized carbons (Fsp3) is 0.600. The van der Waals surface area contributed by atoms with Gasteiger partial charge in [-0.25, -0.2) is 0 Å². The molecule has 0 radical (unpaired) electrons. The van der Waals surface area contributed by atoms with Crippen molar-refractivity contribution in [1.29, 1.82) is 0 Å². The highest BCUT2D eigenvalue weighted by Gasteiger charge is 2.16. The highest BCUT2D eigenvalue weighted by Crippen LogP contribution is 2.19. The van der Waals surface area contributed by atoms with Crippen molar-refractivity contribution < 1.29 is 9.47 Å². The highest BCUT2D eigenvalue weighted by atomic mass is 16.5. The molecular formula is C15H24N2O2. The van der Waals surface area contributed by atoms with Crippen LogP contribution in [-0.2, 0) is 4.74 Å². The molecule has 1 atom stereocenters. The van der Waals surface area contributed by atoms with Crippen LogP contribution in [0, 0.1) is 0 Å². The first-order valence-corrected chi connectivity index (χ1v) is 7.17. The number of nitrogens with two attached hydrogens (primary N) is 1. The Morgan fingerprint density at radius 2 is 2.05 bits per heavy atom. The third kappa shape index (κ3) is 5.09. The average Bonchev–Trinajstić information content (AvgIpc) is 2.93. The van der Waals surface area contributed by atoms with Gasteiger partial charge in [0.05, 0.1) is 13.2 Å². The molecule has 0 saturated carbocycles. The summed E-state index contributed by atoms with van der Waals surface area (Å²) in [4.78, 5) is 0. The van der Waals surface area contributed by atoms with Crippen LogP contribution in [0.15, 0.2) is 24.3 Å². The molecule has 0 spiro atoms. The number of unbranched alkanes of at least 4 members (excludes halogenated alkanes) is 2. The van der Waals surface area contributed by atoms with Gasteiger partial charge in [0, 0.05) is 18.7 Å². The predicted octanol–water partition coefficient (Wildman–Crippen LogP) is 2.40. The summed E-state index contributed by atoms with van der Waals surface area (Å²) in [5, 5.41) is 3.40. The normalized spacial score (nSPS) is 18.5. The SMILES string of the molecule is NCCCCCNc1ccc(OC2CCOC2)cc1. The van der Waals surface area contributed by atoms with Crippen LogP contribution < -0.4 is 15.8 Å². The van der Waals surface area contributed by atoms with Crippen LogP contribution in [0.5, 0.6) is 5.75 Å². The van der Waals surface area contributed by atoms with E-state index in [0.29, 0.717) is 6.61 Å². The van der Waals surface area contributed by atoms with Gasteiger partial charge in [0.25, 0.3) is 0 Å². The van der Waals surface area contributed by atoms with Crippen LogP contribution in [-0.4, -0.2) is 32.4 Å². The van der Waals surface area contributed by atoms with Crippen molar-refractivity contribution in [3.8, 4) is 5.75 Å². The van der Waals surface area contributed by atoms with Gasteiger partial charge in [0.2, 0.25) is 0 Å². The minimum atomic E-state index is 0.218. The summed E-state index contributed by atoms with van der Waals surface area (Å²) in [6, 6.07) is 8.16. The molecule has 1 aliphatic heterocycles. The van der Waals surface area contributed by atoms with E-state index < -0.39 is 0 Å². The number of hydrogen-bond donors (Lipinski definition) is 2. The zero-order chi connectivity index (χ0) is 13.3. The first-order valence-electron chi connectivity index (χ1n) is 7.17. The Hall–Kier alpha value is -1.26. The predicted molar refractivity (Wildman–Crippen MR) is 77.7 cm³/mol. The topological polar surface area (TPSA) is 56.5 Å². The maximum atomic E-state index is 5.82. The third-order valence-corrected chi connectivity index (χ3v) is 3.25. The molecule has 1 aromatic carbocycles. The second-order valence-corrected chi connectivity index (χ2v) is 4.90. The quantitative estimate of drug-likeness (QED) is 0.708. The van der Waals surface area contributed by atoms with Gasteiger partial charge in [-0.2, -0.15) is 0 Å². The standard InChI is InChI=1S/C15H24N2O2/c16-9-2-1-3-10-17-13-4-6-14(7-5-13)19-15-8-11-18-12-15/h4-7,15,17H,1-3,8-12,16H2. The van der Waals surface area contributed by atoms with Crippen molar-refractivity contribution in [1.82, 2.24) is 0 Å². The van der Waals surface area contributed by atoms with E-state index in [1.54, 1.807) is 0 Å². The summed E-state index contributed by atoms with van der Waals surface area (Å²) in [5.41, 5.74) is 6.60. The highest BCUT2D eigenvalue weighted by molar-refractivity contribution is 5.46. The van der Waals surface area contributed by atoms with Crippen molar-refractivity contribution in [2.24, 2.45) is 5.73 Å². The number of rotatable bonds is 8. The van der Waals surface area contributed by atoms with Gasteiger partial charge in [-0.15, -0.1) is 0 Å². The maximum absolute atomic E-state index is 5.82. The molecule has 0 aromatic heterocycles. The molecule has 0 aliphatic carbocycles. The number of nitrogens with one attached hydrogen (secondary N) is 1. The van der Waals surface area contributed by atoms with E-state index in [1.807, 2.05) is 12.1 Å². The first-order chi connectivity index (χ1) is 9.38. The lowest BCUT2D eigenvalue weighted by atomic mass is 10.2. The largest absolute Gasteiger partial charge is 0.488 e. The number of anilines is 1. The van der Waals surface area contributed by atoms with E-state index in [1.165, 1.54) is 6.42 Å². The smallest absolute Gasteiger partial charge is 0.124 e. The summed E-state index contributed by atoms with van der Waals surface area (Å²) in [6.07, 6.45) is 4.66. The Labute approximate surface area is 115 Å². The first kappa shape index (κ1) is 14.2. The van der Waals surface area contributed by atoms with Gasteiger partial charge in [-0.3, -0.25) is 0 Å². The Kier molecular flexibility index (Phi) is 5.98. The third-order valence-electron chi connectivity index (χ3n) is 3.25. The van der Waals surface area contributed by atoms with E-state index in [9.17, 15) is 0 Å². The molecule has 4 heteroatoms. The van der Waals surface area contributed by atoms with Gasteiger partial charge in [-0.05, 0) is 43.7 Å². The fourth-order valence-corrected chi connectivity index (χ4v) is 2.13. The summed E-state index contributed by atoms with van der Waals surface area (Å²) in [5.74, 6) is 0.921. The van der Waals surface area contributed by atoms with Gasteiger partial charge >= 0.3 is 0 Å². The van der Waals surface area contributed by atoms with Crippen LogP contribution in [0.1, 0.15) is 25.7 Å².